The van der Waals surface area contributed by atoms with Crippen LogP contribution in [-0.2, 0) is 6.54 Å². The van der Waals surface area contributed by atoms with Crippen LogP contribution in [0, 0.1) is 13.8 Å². The zero-order valence-corrected chi connectivity index (χ0v) is 16.7. The van der Waals surface area contributed by atoms with Gasteiger partial charge in [0.05, 0.1) is 22.4 Å². The molecule has 1 aromatic heterocycles. The lowest BCUT2D eigenvalue weighted by atomic mass is 10.1. The highest BCUT2D eigenvalue weighted by molar-refractivity contribution is 5.97. The lowest BCUT2D eigenvalue weighted by molar-refractivity contribution is 0.0792. The number of carbonyl (C=O) groups excluding carboxylic acids is 2. The Morgan fingerprint density at radius 1 is 0.897 bits per heavy atom. The van der Waals surface area contributed by atoms with E-state index in [1.165, 1.54) is 0 Å². The summed E-state index contributed by atoms with van der Waals surface area (Å²) in [6, 6.07) is 12.8. The Morgan fingerprint density at radius 2 is 1.52 bits per heavy atom. The Bertz CT molecular complexity index is 1070. The topological polar surface area (TPSA) is 75.2 Å². The van der Waals surface area contributed by atoms with E-state index in [-0.39, 0.29) is 11.8 Å². The van der Waals surface area contributed by atoms with E-state index < -0.39 is 0 Å². The molecule has 0 bridgehead atoms. The third-order valence-electron chi connectivity index (χ3n) is 5.38. The molecule has 1 aliphatic heterocycles. The van der Waals surface area contributed by atoms with Crippen molar-refractivity contribution in [3.63, 3.8) is 0 Å². The molecule has 0 aliphatic carbocycles. The van der Waals surface area contributed by atoms with Crippen LogP contribution in [0.5, 0.6) is 0 Å². The van der Waals surface area contributed by atoms with E-state index in [4.69, 9.17) is 0 Å². The second-order valence-electron chi connectivity index (χ2n) is 7.48. The van der Waals surface area contributed by atoms with Gasteiger partial charge >= 0.3 is 0 Å². The number of hydrogen-bond acceptors (Lipinski definition) is 4. The third-order valence-corrected chi connectivity index (χ3v) is 5.38. The fraction of sp³-hybridized carbons (Fsp3) is 0.304. The smallest absolute Gasteiger partial charge is 0.253 e. The summed E-state index contributed by atoms with van der Waals surface area (Å²) in [7, 11) is 0. The maximum atomic E-state index is 12.5. The van der Waals surface area contributed by atoms with E-state index in [1.807, 2.05) is 49.1 Å². The molecule has 0 atom stereocenters. The van der Waals surface area contributed by atoms with E-state index in [0.717, 1.165) is 48.4 Å². The highest BCUT2D eigenvalue weighted by Crippen LogP contribution is 2.16. The van der Waals surface area contributed by atoms with Gasteiger partial charge in [-0.2, -0.15) is 0 Å². The summed E-state index contributed by atoms with van der Waals surface area (Å²) in [6.45, 7) is 5.91. The van der Waals surface area contributed by atoms with Gasteiger partial charge in [0.2, 0.25) is 0 Å². The van der Waals surface area contributed by atoms with Gasteiger partial charge in [-0.05, 0) is 62.6 Å². The lowest BCUT2D eigenvalue weighted by Gasteiger charge is -2.15. The molecule has 2 amide bonds. The van der Waals surface area contributed by atoms with Gasteiger partial charge in [0.25, 0.3) is 11.8 Å². The number of fused-ring (bicyclic) bond motifs is 1. The molecule has 148 valence electrons. The summed E-state index contributed by atoms with van der Waals surface area (Å²) in [5.74, 6) is -0.0787. The molecule has 0 spiro atoms. The summed E-state index contributed by atoms with van der Waals surface area (Å²) in [5, 5.41) is 2.93. The van der Waals surface area contributed by atoms with Crippen molar-refractivity contribution in [3.8, 4) is 0 Å². The highest BCUT2D eigenvalue weighted by atomic mass is 16.2. The Morgan fingerprint density at radius 3 is 2.21 bits per heavy atom. The normalized spacial score (nSPS) is 13.7. The zero-order valence-electron chi connectivity index (χ0n) is 16.7. The quantitative estimate of drug-likeness (QED) is 0.743. The molecule has 1 saturated heterocycles. The van der Waals surface area contributed by atoms with Gasteiger partial charge in [-0.1, -0.05) is 12.1 Å². The van der Waals surface area contributed by atoms with Crippen LogP contribution >= 0.6 is 0 Å². The highest BCUT2D eigenvalue weighted by Gasteiger charge is 2.19. The number of aryl methyl sites for hydroxylation is 2. The Hall–Kier alpha value is -3.28. The van der Waals surface area contributed by atoms with Crippen molar-refractivity contribution < 1.29 is 9.59 Å². The van der Waals surface area contributed by atoms with E-state index in [1.54, 1.807) is 12.1 Å². The molecule has 2 aromatic carbocycles. The molecule has 1 fully saturated rings. The van der Waals surface area contributed by atoms with Crippen LogP contribution in [0.2, 0.25) is 0 Å². The molecule has 4 rings (SSSR count). The first-order valence-corrected chi connectivity index (χ1v) is 9.93. The molecule has 6 heteroatoms. The molecular weight excluding hydrogens is 364 g/mol. The van der Waals surface area contributed by atoms with Crippen molar-refractivity contribution in [3.05, 3.63) is 70.5 Å². The molecule has 2 heterocycles. The van der Waals surface area contributed by atoms with E-state index >= 15 is 0 Å². The zero-order chi connectivity index (χ0) is 20.4. The van der Waals surface area contributed by atoms with Gasteiger partial charge in [0.15, 0.2) is 0 Å². The third kappa shape index (κ3) is 4.11. The van der Waals surface area contributed by atoms with Crippen LogP contribution in [0.3, 0.4) is 0 Å². The molecule has 3 aromatic rings. The average Bonchev–Trinajstić information content (AvgIpc) is 3.27. The van der Waals surface area contributed by atoms with Crippen LogP contribution in [-0.4, -0.2) is 39.8 Å². The minimum Gasteiger partial charge on any atom is -0.348 e. The second-order valence-corrected chi connectivity index (χ2v) is 7.48. The van der Waals surface area contributed by atoms with Gasteiger partial charge in [-0.3, -0.25) is 9.59 Å². The minimum atomic E-state index is -0.163. The van der Waals surface area contributed by atoms with Crippen molar-refractivity contribution in [2.24, 2.45) is 0 Å². The van der Waals surface area contributed by atoms with Crippen molar-refractivity contribution in [2.45, 2.75) is 33.2 Å². The van der Waals surface area contributed by atoms with Crippen LogP contribution in [0.25, 0.3) is 11.0 Å². The van der Waals surface area contributed by atoms with Crippen molar-refractivity contribution >= 4 is 22.8 Å². The molecule has 6 nitrogen and oxygen atoms in total. The number of likely N-dealkylation sites (tertiary alicyclic amines) is 1. The first kappa shape index (κ1) is 19.1. The number of benzene rings is 2. The molecule has 0 unspecified atom stereocenters. The van der Waals surface area contributed by atoms with Crippen molar-refractivity contribution in [2.75, 3.05) is 13.1 Å². The second kappa shape index (κ2) is 7.99. The van der Waals surface area contributed by atoms with Crippen LogP contribution < -0.4 is 5.32 Å². The number of rotatable bonds is 4. The molecule has 0 radical (unpaired) electrons. The van der Waals surface area contributed by atoms with Gasteiger partial charge < -0.3 is 10.2 Å². The Kier molecular flexibility index (Phi) is 5.25. The monoisotopic (exact) mass is 388 g/mol. The first-order chi connectivity index (χ1) is 14.0. The standard InChI is InChI=1S/C23H24N4O2/c1-15-16(2)26-21-13-19(9-10-20(21)25-15)22(28)24-14-17-5-7-18(8-6-17)23(29)27-11-3-4-12-27/h5-10,13H,3-4,11-12,14H2,1-2H3,(H,24,28). The fourth-order valence-electron chi connectivity index (χ4n) is 3.52. The SMILES string of the molecule is Cc1nc2ccc(C(=O)NCc3ccc(C(=O)N4CCCC4)cc3)cc2nc1C. The van der Waals surface area contributed by atoms with Crippen LogP contribution in [0.1, 0.15) is 50.5 Å². The predicted octanol–water partition coefficient (Wildman–Crippen LogP) is 3.41. The van der Waals surface area contributed by atoms with E-state index in [0.29, 0.717) is 23.2 Å². The number of nitrogens with one attached hydrogen (secondary N) is 1. The van der Waals surface area contributed by atoms with Crippen LogP contribution in [0.4, 0.5) is 0 Å². The molecule has 1 N–H and O–H groups in total. The maximum absolute atomic E-state index is 12.5. The molecule has 0 saturated carbocycles. The number of hydrogen-bond donors (Lipinski definition) is 1. The molecule has 29 heavy (non-hydrogen) atoms. The van der Waals surface area contributed by atoms with E-state index in [2.05, 4.69) is 15.3 Å². The Balaban J connectivity index is 1.41. The summed E-state index contributed by atoms with van der Waals surface area (Å²) < 4.78 is 0. The fourth-order valence-corrected chi connectivity index (χ4v) is 3.52. The summed E-state index contributed by atoms with van der Waals surface area (Å²) in [4.78, 5) is 35.9. The molecular formula is C23H24N4O2. The Labute approximate surface area is 170 Å². The number of nitrogens with zero attached hydrogens (tertiary/aromatic N) is 3. The van der Waals surface area contributed by atoms with Crippen molar-refractivity contribution in [1.82, 2.24) is 20.2 Å². The minimum absolute atomic E-state index is 0.0842. The summed E-state index contributed by atoms with van der Waals surface area (Å²) >= 11 is 0. The lowest BCUT2D eigenvalue weighted by Crippen LogP contribution is -2.27. The average molecular weight is 388 g/mol. The van der Waals surface area contributed by atoms with Crippen molar-refractivity contribution in [1.29, 1.82) is 0 Å². The van der Waals surface area contributed by atoms with Gasteiger partial charge in [0, 0.05) is 30.8 Å². The largest absolute Gasteiger partial charge is 0.348 e. The maximum Gasteiger partial charge on any atom is 0.253 e. The summed E-state index contributed by atoms with van der Waals surface area (Å²) in [5.41, 5.74) is 5.44. The first-order valence-electron chi connectivity index (χ1n) is 9.93. The van der Waals surface area contributed by atoms with Gasteiger partial charge in [-0.15, -0.1) is 0 Å². The number of carbonyl (C=O) groups is 2. The van der Waals surface area contributed by atoms with Crippen LogP contribution in [0.15, 0.2) is 42.5 Å². The van der Waals surface area contributed by atoms with Gasteiger partial charge in [-0.25, -0.2) is 9.97 Å². The molecule has 1 aliphatic rings. The number of aromatic nitrogens is 2. The number of amides is 2. The predicted molar refractivity (Wildman–Crippen MR) is 112 cm³/mol. The summed E-state index contributed by atoms with van der Waals surface area (Å²) in [6.07, 6.45) is 2.16. The van der Waals surface area contributed by atoms with E-state index in [9.17, 15) is 9.59 Å². The van der Waals surface area contributed by atoms with Gasteiger partial charge in [0.1, 0.15) is 0 Å².